The predicted octanol–water partition coefficient (Wildman–Crippen LogP) is 4.62. The minimum Gasteiger partial charge on any atom is -0.345 e. The van der Waals surface area contributed by atoms with Gasteiger partial charge < -0.3 is 10.2 Å². The second-order valence-electron chi connectivity index (χ2n) is 9.22. The third-order valence-electron chi connectivity index (χ3n) is 6.60. The summed E-state index contributed by atoms with van der Waals surface area (Å²) in [4.78, 5) is 38.5. The minimum atomic E-state index is -0.537. The Balaban J connectivity index is 1.35. The van der Waals surface area contributed by atoms with E-state index in [1.165, 1.54) is 42.1 Å². The zero-order valence-electron chi connectivity index (χ0n) is 21.5. The number of nitrogens with zero attached hydrogens (tertiary/aromatic N) is 5. The summed E-state index contributed by atoms with van der Waals surface area (Å²) in [7, 11) is 0. The summed E-state index contributed by atoms with van der Waals surface area (Å²) in [5.41, 5.74) is 3.04. The third kappa shape index (κ3) is 5.71. The number of nitro benzene ring substituents is 1. The molecule has 0 spiro atoms. The Morgan fingerprint density at radius 1 is 1.10 bits per heavy atom. The van der Waals surface area contributed by atoms with E-state index in [0.29, 0.717) is 28.8 Å². The van der Waals surface area contributed by atoms with E-state index in [9.17, 15) is 24.1 Å². The van der Waals surface area contributed by atoms with Gasteiger partial charge in [-0.3, -0.25) is 24.3 Å². The van der Waals surface area contributed by atoms with E-state index in [0.717, 1.165) is 24.1 Å². The van der Waals surface area contributed by atoms with Crippen molar-refractivity contribution >= 4 is 35.0 Å². The number of carbonyl (C=O) groups is 2. The summed E-state index contributed by atoms with van der Waals surface area (Å²) in [6.07, 6.45) is 1.81. The monoisotopic (exact) mass is 560 g/mol. The molecule has 0 fully saturated rings. The van der Waals surface area contributed by atoms with Crippen LogP contribution in [0.25, 0.3) is 5.69 Å². The van der Waals surface area contributed by atoms with Crippen LogP contribution in [0.1, 0.15) is 33.7 Å². The molecule has 0 bridgehead atoms. The molecule has 40 heavy (non-hydrogen) atoms. The number of hydrogen-bond donors (Lipinski definition) is 1. The molecule has 2 heterocycles. The number of benzene rings is 3. The molecule has 204 valence electrons. The Hall–Kier alpha value is -4.58. The molecule has 0 aliphatic carbocycles. The summed E-state index contributed by atoms with van der Waals surface area (Å²) in [6.45, 7) is 2.17. The molecule has 1 aliphatic rings. The Bertz CT molecular complexity index is 1590. The van der Waals surface area contributed by atoms with Gasteiger partial charge in [-0.25, -0.2) is 4.39 Å². The summed E-state index contributed by atoms with van der Waals surface area (Å²) in [5.74, 6) is -0.556. The molecule has 3 aromatic carbocycles. The lowest BCUT2D eigenvalue weighted by atomic mass is 10.0. The molecule has 0 atom stereocenters. The van der Waals surface area contributed by atoms with Crippen LogP contribution in [-0.4, -0.2) is 43.8 Å². The predicted molar refractivity (Wildman–Crippen MR) is 148 cm³/mol. The summed E-state index contributed by atoms with van der Waals surface area (Å²) < 4.78 is 15.3. The van der Waals surface area contributed by atoms with E-state index in [2.05, 4.69) is 15.5 Å². The van der Waals surface area contributed by atoms with E-state index in [4.69, 9.17) is 0 Å². The molecule has 0 unspecified atom stereocenters. The Kier molecular flexibility index (Phi) is 7.87. The first-order valence-corrected chi connectivity index (χ1v) is 13.5. The van der Waals surface area contributed by atoms with Crippen LogP contribution in [0.2, 0.25) is 0 Å². The van der Waals surface area contributed by atoms with Gasteiger partial charge >= 0.3 is 0 Å². The highest BCUT2D eigenvalue weighted by Gasteiger charge is 2.24. The largest absolute Gasteiger partial charge is 0.345 e. The van der Waals surface area contributed by atoms with E-state index in [1.54, 1.807) is 28.5 Å². The third-order valence-corrected chi connectivity index (χ3v) is 7.51. The summed E-state index contributed by atoms with van der Waals surface area (Å²) in [5, 5.41) is 22.9. The number of hydrogen-bond acceptors (Lipinski definition) is 7. The van der Waals surface area contributed by atoms with E-state index in [1.807, 2.05) is 24.3 Å². The average Bonchev–Trinajstić information content (AvgIpc) is 3.37. The number of nitrogens with one attached hydrogen (secondary N) is 1. The SMILES string of the molecule is Cc1ccc(C(=O)NCc2nnc(SCC(=O)N3CCCc4ccccc43)n2-c2ccc(F)cc2)cc1[N+](=O)[O-]. The second-order valence-corrected chi connectivity index (χ2v) is 10.2. The number of fused-ring (bicyclic) bond motifs is 1. The van der Waals surface area contributed by atoms with Crippen molar-refractivity contribution in [2.24, 2.45) is 0 Å². The first-order valence-electron chi connectivity index (χ1n) is 12.6. The Labute approximate surface area is 233 Å². The van der Waals surface area contributed by atoms with Gasteiger partial charge in [-0.1, -0.05) is 36.0 Å². The highest BCUT2D eigenvalue weighted by atomic mass is 32.2. The molecular weight excluding hydrogens is 535 g/mol. The molecule has 1 aromatic heterocycles. The number of amides is 2. The van der Waals surface area contributed by atoms with Gasteiger partial charge in [0.05, 0.1) is 17.2 Å². The molecule has 4 aromatic rings. The standard InChI is InChI=1S/C28H25FN6O4S/c1-18-8-9-20(15-24(18)35(38)39)27(37)30-16-25-31-32-28(34(25)22-12-10-21(29)11-13-22)40-17-26(36)33-14-4-6-19-5-2-3-7-23(19)33/h2-3,5,7-13,15H,4,6,14,16-17H2,1H3,(H,30,37). The zero-order chi connectivity index (χ0) is 28.2. The van der Waals surface area contributed by atoms with Gasteiger partial charge in [0.2, 0.25) is 5.91 Å². The lowest BCUT2D eigenvalue weighted by Crippen LogP contribution is -2.36. The number of anilines is 1. The number of nitro groups is 1. The van der Waals surface area contributed by atoms with Crippen LogP contribution in [0.4, 0.5) is 15.8 Å². The minimum absolute atomic E-state index is 0.0567. The van der Waals surface area contributed by atoms with E-state index >= 15 is 0 Å². The van der Waals surface area contributed by atoms with Gasteiger partial charge in [0.25, 0.3) is 11.6 Å². The van der Waals surface area contributed by atoms with Crippen molar-refractivity contribution in [2.75, 3.05) is 17.2 Å². The van der Waals surface area contributed by atoms with Crippen LogP contribution < -0.4 is 10.2 Å². The van der Waals surface area contributed by atoms with Crippen molar-refractivity contribution in [3.8, 4) is 5.69 Å². The van der Waals surface area contributed by atoms with Crippen LogP contribution in [0, 0.1) is 22.9 Å². The molecule has 0 saturated heterocycles. The van der Waals surface area contributed by atoms with Gasteiger partial charge in [0, 0.05) is 35.1 Å². The van der Waals surface area contributed by atoms with Crippen LogP contribution in [0.5, 0.6) is 0 Å². The van der Waals surface area contributed by atoms with Crippen LogP contribution >= 0.6 is 11.8 Å². The fraction of sp³-hybridized carbons (Fsp3) is 0.214. The van der Waals surface area contributed by atoms with Crippen LogP contribution in [0.15, 0.2) is 71.9 Å². The van der Waals surface area contributed by atoms with Crippen molar-refractivity contribution in [3.63, 3.8) is 0 Å². The lowest BCUT2D eigenvalue weighted by molar-refractivity contribution is -0.385. The first-order chi connectivity index (χ1) is 19.3. The van der Waals surface area contributed by atoms with Crippen molar-refractivity contribution in [3.05, 3.63) is 105 Å². The zero-order valence-corrected chi connectivity index (χ0v) is 22.4. The van der Waals surface area contributed by atoms with Gasteiger partial charge in [0.15, 0.2) is 11.0 Å². The second kappa shape index (κ2) is 11.7. The number of aryl methyl sites for hydroxylation is 2. The van der Waals surface area contributed by atoms with Crippen molar-refractivity contribution in [2.45, 2.75) is 31.5 Å². The number of halogens is 1. The van der Waals surface area contributed by atoms with E-state index < -0.39 is 16.6 Å². The van der Waals surface area contributed by atoms with Gasteiger partial charge in [0.1, 0.15) is 5.82 Å². The molecule has 10 nitrogen and oxygen atoms in total. The van der Waals surface area contributed by atoms with E-state index in [-0.39, 0.29) is 29.5 Å². The topological polar surface area (TPSA) is 123 Å². The molecule has 5 rings (SSSR count). The van der Waals surface area contributed by atoms with Gasteiger partial charge in [-0.05, 0) is 61.7 Å². The number of thioether (sulfide) groups is 1. The summed E-state index contributed by atoms with van der Waals surface area (Å²) in [6, 6.07) is 17.8. The smallest absolute Gasteiger partial charge is 0.273 e. The fourth-order valence-corrected chi connectivity index (χ4v) is 5.41. The number of rotatable bonds is 8. The Morgan fingerprint density at radius 3 is 2.65 bits per heavy atom. The average molecular weight is 561 g/mol. The maximum absolute atomic E-state index is 13.7. The maximum atomic E-state index is 13.7. The molecule has 0 saturated carbocycles. The highest BCUT2D eigenvalue weighted by Crippen LogP contribution is 2.29. The van der Waals surface area contributed by atoms with Gasteiger partial charge in [-0.15, -0.1) is 10.2 Å². The lowest BCUT2D eigenvalue weighted by Gasteiger charge is -2.29. The number of para-hydroxylation sites is 1. The molecule has 1 aliphatic heterocycles. The van der Waals surface area contributed by atoms with Crippen LogP contribution in [-0.2, 0) is 17.8 Å². The number of carbonyl (C=O) groups excluding carboxylic acids is 2. The molecular formula is C28H25FN6O4S. The fourth-order valence-electron chi connectivity index (χ4n) is 4.56. The Morgan fingerprint density at radius 2 is 1.88 bits per heavy atom. The van der Waals surface area contributed by atoms with Crippen molar-refractivity contribution < 1.29 is 18.9 Å². The molecule has 2 amide bonds. The quantitative estimate of drug-likeness (QED) is 0.189. The maximum Gasteiger partial charge on any atom is 0.273 e. The molecule has 0 radical (unpaired) electrons. The van der Waals surface area contributed by atoms with Crippen LogP contribution in [0.3, 0.4) is 0 Å². The summed E-state index contributed by atoms with van der Waals surface area (Å²) >= 11 is 1.20. The molecule has 1 N–H and O–H groups in total. The molecule has 12 heteroatoms. The van der Waals surface area contributed by atoms with Gasteiger partial charge in [-0.2, -0.15) is 0 Å². The first kappa shape index (κ1) is 27.0. The van der Waals surface area contributed by atoms with Crippen molar-refractivity contribution in [1.82, 2.24) is 20.1 Å². The normalized spacial score (nSPS) is 12.6. The van der Waals surface area contributed by atoms with Crippen molar-refractivity contribution in [1.29, 1.82) is 0 Å². The number of aromatic nitrogens is 3. The highest BCUT2D eigenvalue weighted by molar-refractivity contribution is 7.99.